The van der Waals surface area contributed by atoms with Gasteiger partial charge in [0.25, 0.3) is 5.91 Å². The van der Waals surface area contributed by atoms with E-state index in [-0.39, 0.29) is 17.9 Å². The number of nitrogens with two attached hydrogens (primary N) is 1. The number of piperidine rings is 1. The van der Waals surface area contributed by atoms with Gasteiger partial charge in [0.15, 0.2) is 0 Å². The molecule has 2 aromatic heterocycles. The highest BCUT2D eigenvalue weighted by Gasteiger charge is 2.26. The summed E-state index contributed by atoms with van der Waals surface area (Å²) in [7, 11) is 0. The molecule has 0 bridgehead atoms. The van der Waals surface area contributed by atoms with Gasteiger partial charge in [0, 0.05) is 18.5 Å². The molecule has 0 saturated carbocycles. The van der Waals surface area contributed by atoms with E-state index in [1.165, 1.54) is 17.7 Å². The first-order valence-corrected chi connectivity index (χ1v) is 7.87. The van der Waals surface area contributed by atoms with Crippen LogP contribution in [0.15, 0.2) is 23.2 Å². The van der Waals surface area contributed by atoms with E-state index in [1.54, 1.807) is 9.58 Å². The van der Waals surface area contributed by atoms with Crippen molar-refractivity contribution in [3.63, 3.8) is 0 Å². The summed E-state index contributed by atoms with van der Waals surface area (Å²) in [5.74, 6) is -0.651. The first kappa shape index (κ1) is 14.5. The van der Waals surface area contributed by atoms with Crippen LogP contribution in [0.1, 0.15) is 29.5 Å². The molecule has 22 heavy (non-hydrogen) atoms. The van der Waals surface area contributed by atoms with Gasteiger partial charge in [-0.25, -0.2) is 14.5 Å². The normalized spacial score (nSPS) is 18.2. The van der Waals surface area contributed by atoms with Crippen LogP contribution in [0.4, 0.5) is 10.5 Å². The van der Waals surface area contributed by atoms with E-state index in [4.69, 9.17) is 5.73 Å². The lowest BCUT2D eigenvalue weighted by Gasteiger charge is -2.32. The molecular formula is C13H16N6O2S. The summed E-state index contributed by atoms with van der Waals surface area (Å²) in [5, 5.41) is 10.7. The van der Waals surface area contributed by atoms with E-state index in [9.17, 15) is 9.59 Å². The first-order valence-electron chi connectivity index (χ1n) is 6.92. The number of aromatic nitrogens is 3. The number of likely N-dealkylation sites (tertiary alicyclic amines) is 1. The van der Waals surface area contributed by atoms with Crippen molar-refractivity contribution in [2.45, 2.75) is 18.9 Å². The van der Waals surface area contributed by atoms with E-state index in [0.717, 1.165) is 18.5 Å². The van der Waals surface area contributed by atoms with Gasteiger partial charge in [-0.1, -0.05) is 0 Å². The van der Waals surface area contributed by atoms with Crippen LogP contribution in [-0.2, 0) is 0 Å². The number of primary amides is 1. The minimum Gasteiger partial charge on any atom is -0.363 e. The standard InChI is InChI=1S/C13H16N6O2S/c14-11(20)12-15-8-19(17-12)10-2-1-4-18(6-10)13(21)16-9-3-5-22-7-9/h3,5,7-8,10H,1-2,4,6H2,(H2,14,20)(H,16,21)/t10-/m0/s1. The Morgan fingerprint density at radius 3 is 3.00 bits per heavy atom. The van der Waals surface area contributed by atoms with Crippen molar-refractivity contribution in [2.75, 3.05) is 18.4 Å². The maximum Gasteiger partial charge on any atom is 0.321 e. The van der Waals surface area contributed by atoms with Crippen molar-refractivity contribution >= 4 is 29.0 Å². The van der Waals surface area contributed by atoms with Crippen molar-refractivity contribution < 1.29 is 9.59 Å². The maximum absolute atomic E-state index is 12.3. The molecule has 0 aliphatic carbocycles. The number of nitrogens with zero attached hydrogens (tertiary/aromatic N) is 4. The minimum atomic E-state index is -0.651. The second kappa shape index (κ2) is 6.14. The van der Waals surface area contributed by atoms with Crippen molar-refractivity contribution in [2.24, 2.45) is 5.73 Å². The molecule has 9 heteroatoms. The molecule has 3 rings (SSSR count). The van der Waals surface area contributed by atoms with Crippen molar-refractivity contribution in [3.8, 4) is 0 Å². The van der Waals surface area contributed by atoms with Crippen LogP contribution in [-0.4, -0.2) is 44.7 Å². The Kier molecular flexibility index (Phi) is 4.05. The van der Waals surface area contributed by atoms with Crippen LogP contribution < -0.4 is 11.1 Å². The molecule has 0 unspecified atom stereocenters. The SMILES string of the molecule is NC(=O)c1ncn([C@H]2CCCN(C(=O)Nc3ccsc3)C2)n1. The van der Waals surface area contributed by atoms with Crippen LogP contribution >= 0.6 is 11.3 Å². The second-order valence-electron chi connectivity index (χ2n) is 5.10. The molecule has 1 aliphatic heterocycles. The van der Waals surface area contributed by atoms with Gasteiger partial charge in [0.2, 0.25) is 5.82 Å². The highest BCUT2D eigenvalue weighted by molar-refractivity contribution is 7.08. The van der Waals surface area contributed by atoms with Gasteiger partial charge < -0.3 is 16.0 Å². The van der Waals surface area contributed by atoms with E-state index in [1.807, 2.05) is 16.8 Å². The molecule has 1 fully saturated rings. The second-order valence-corrected chi connectivity index (χ2v) is 5.88. The molecule has 1 atom stereocenters. The Morgan fingerprint density at radius 1 is 1.45 bits per heavy atom. The van der Waals surface area contributed by atoms with E-state index in [2.05, 4.69) is 15.4 Å². The zero-order chi connectivity index (χ0) is 15.5. The monoisotopic (exact) mass is 320 g/mol. The molecule has 3 N–H and O–H groups in total. The van der Waals surface area contributed by atoms with Crippen molar-refractivity contribution in [3.05, 3.63) is 29.0 Å². The fourth-order valence-corrected chi connectivity index (χ4v) is 3.04. The molecule has 1 aliphatic rings. The van der Waals surface area contributed by atoms with Gasteiger partial charge in [-0.15, -0.1) is 5.10 Å². The van der Waals surface area contributed by atoms with Gasteiger partial charge >= 0.3 is 6.03 Å². The molecular weight excluding hydrogens is 304 g/mol. The highest BCUT2D eigenvalue weighted by atomic mass is 32.1. The molecule has 8 nitrogen and oxygen atoms in total. The van der Waals surface area contributed by atoms with Crippen LogP contribution in [0.2, 0.25) is 0 Å². The van der Waals surface area contributed by atoms with Gasteiger partial charge in [-0.3, -0.25) is 4.79 Å². The average molecular weight is 320 g/mol. The predicted octanol–water partition coefficient (Wildman–Crippen LogP) is 1.31. The summed E-state index contributed by atoms with van der Waals surface area (Å²) in [6.45, 7) is 1.22. The number of hydrogen-bond acceptors (Lipinski definition) is 5. The number of anilines is 1. The lowest BCUT2D eigenvalue weighted by atomic mass is 10.1. The average Bonchev–Trinajstić information content (AvgIpc) is 3.18. The van der Waals surface area contributed by atoms with Crippen molar-refractivity contribution in [1.29, 1.82) is 0 Å². The van der Waals surface area contributed by atoms with E-state index >= 15 is 0 Å². The summed E-state index contributed by atoms with van der Waals surface area (Å²) in [6.07, 6.45) is 3.24. The fourth-order valence-electron chi connectivity index (χ4n) is 2.46. The Balaban J connectivity index is 1.65. The van der Waals surface area contributed by atoms with Gasteiger partial charge in [0.05, 0.1) is 11.7 Å². The predicted molar refractivity (Wildman–Crippen MR) is 81.7 cm³/mol. The van der Waals surface area contributed by atoms with Crippen LogP contribution in [0, 0.1) is 0 Å². The molecule has 0 aromatic carbocycles. The molecule has 0 spiro atoms. The lowest BCUT2D eigenvalue weighted by molar-refractivity contribution is 0.0989. The molecule has 0 radical (unpaired) electrons. The lowest BCUT2D eigenvalue weighted by Crippen LogP contribution is -2.43. The Morgan fingerprint density at radius 2 is 2.32 bits per heavy atom. The van der Waals surface area contributed by atoms with Gasteiger partial charge in [0.1, 0.15) is 6.33 Å². The molecule has 3 heterocycles. The van der Waals surface area contributed by atoms with Gasteiger partial charge in [-0.05, 0) is 24.3 Å². The van der Waals surface area contributed by atoms with Gasteiger partial charge in [-0.2, -0.15) is 11.3 Å². The Labute approximate surface area is 130 Å². The highest BCUT2D eigenvalue weighted by Crippen LogP contribution is 2.22. The zero-order valence-corrected chi connectivity index (χ0v) is 12.6. The zero-order valence-electron chi connectivity index (χ0n) is 11.8. The number of nitrogens with one attached hydrogen (secondary N) is 1. The number of urea groups is 1. The summed E-state index contributed by atoms with van der Waals surface area (Å²) in [6, 6.07) is 1.74. The number of carbonyl (C=O) groups excluding carboxylic acids is 2. The number of rotatable bonds is 3. The molecule has 2 aromatic rings. The summed E-state index contributed by atoms with van der Waals surface area (Å²) in [5.41, 5.74) is 5.96. The van der Waals surface area contributed by atoms with Crippen LogP contribution in [0.3, 0.4) is 0 Å². The molecule has 3 amide bonds. The Bertz CT molecular complexity index is 668. The largest absolute Gasteiger partial charge is 0.363 e. The number of carbonyl (C=O) groups is 2. The minimum absolute atomic E-state index is 0.000141. The molecule has 1 saturated heterocycles. The number of amides is 3. The molecule has 116 valence electrons. The van der Waals surface area contributed by atoms with Crippen LogP contribution in [0.5, 0.6) is 0 Å². The topological polar surface area (TPSA) is 106 Å². The Hall–Kier alpha value is -2.42. The number of hydrogen-bond donors (Lipinski definition) is 2. The third-order valence-corrected chi connectivity index (χ3v) is 4.24. The fraction of sp³-hybridized carbons (Fsp3) is 0.385. The summed E-state index contributed by atoms with van der Waals surface area (Å²) in [4.78, 5) is 28.9. The summed E-state index contributed by atoms with van der Waals surface area (Å²) >= 11 is 1.53. The van der Waals surface area contributed by atoms with Crippen LogP contribution in [0.25, 0.3) is 0 Å². The first-order chi connectivity index (χ1) is 10.6. The smallest absolute Gasteiger partial charge is 0.321 e. The third kappa shape index (κ3) is 3.08. The third-order valence-electron chi connectivity index (χ3n) is 3.56. The number of thiophene rings is 1. The van der Waals surface area contributed by atoms with Crippen molar-refractivity contribution in [1.82, 2.24) is 19.7 Å². The van der Waals surface area contributed by atoms with E-state index < -0.39 is 5.91 Å². The summed E-state index contributed by atoms with van der Waals surface area (Å²) < 4.78 is 1.62. The maximum atomic E-state index is 12.3. The van der Waals surface area contributed by atoms with E-state index in [0.29, 0.717) is 13.1 Å². The quantitative estimate of drug-likeness (QED) is 0.889.